The second-order valence-electron chi connectivity index (χ2n) is 8.33. The molecule has 0 saturated heterocycles. The lowest BCUT2D eigenvalue weighted by molar-refractivity contribution is 0.0956. The number of aromatic nitrogens is 2. The normalized spacial score (nSPS) is 13.2. The van der Waals surface area contributed by atoms with Gasteiger partial charge >= 0.3 is 0 Å². The highest BCUT2D eigenvalue weighted by atomic mass is 35.5. The second kappa shape index (κ2) is 10.4. The fraction of sp³-hybridized carbons (Fsp3) is 0.333. The van der Waals surface area contributed by atoms with Crippen LogP contribution in [0.5, 0.6) is 0 Å². The number of carbonyl (C=O) groups is 2. The standard InChI is InChI=1S/C24H25ClN4O4S2/c1-3-26-21(30)19-16-9-4-5-10-18(16)34-23(19)29-22(31)20-17(25)12-27-24(28-20)35(32,33)13-15-8-6-7-14(2)11-15/h6-8,11-12H,3-5,9-10,13H2,1-2H3,(H,26,30)(H,29,31). The number of benzene rings is 1. The SMILES string of the molecule is CCNC(=O)c1c(NC(=O)c2nc(S(=O)(=O)Cc3cccc(C)c3)ncc2Cl)sc2c1CCCC2. The van der Waals surface area contributed by atoms with Gasteiger partial charge in [-0.2, -0.15) is 0 Å². The van der Waals surface area contributed by atoms with Gasteiger partial charge in [0.05, 0.1) is 22.5 Å². The van der Waals surface area contributed by atoms with Gasteiger partial charge in [0.1, 0.15) is 5.00 Å². The van der Waals surface area contributed by atoms with Crippen LogP contribution in [0.2, 0.25) is 5.02 Å². The first-order chi connectivity index (χ1) is 16.7. The zero-order chi connectivity index (χ0) is 25.2. The third-order valence-electron chi connectivity index (χ3n) is 5.62. The third-order valence-corrected chi connectivity index (χ3v) is 8.57. The molecule has 1 aliphatic rings. The Morgan fingerprint density at radius 2 is 1.94 bits per heavy atom. The van der Waals surface area contributed by atoms with Gasteiger partial charge in [-0.05, 0) is 50.7 Å². The predicted octanol–water partition coefficient (Wildman–Crippen LogP) is 4.35. The summed E-state index contributed by atoms with van der Waals surface area (Å²) in [4.78, 5) is 34.9. The van der Waals surface area contributed by atoms with Gasteiger partial charge in [0.15, 0.2) is 5.69 Å². The monoisotopic (exact) mass is 532 g/mol. The summed E-state index contributed by atoms with van der Waals surface area (Å²) in [5.74, 6) is -1.26. The van der Waals surface area contributed by atoms with Crippen molar-refractivity contribution in [3.05, 3.63) is 68.3 Å². The highest BCUT2D eigenvalue weighted by molar-refractivity contribution is 7.90. The number of sulfone groups is 1. The minimum Gasteiger partial charge on any atom is -0.352 e. The third kappa shape index (κ3) is 5.55. The van der Waals surface area contributed by atoms with Crippen LogP contribution in [0.25, 0.3) is 0 Å². The zero-order valence-corrected chi connectivity index (χ0v) is 21.7. The number of aryl methyl sites for hydroxylation is 2. The van der Waals surface area contributed by atoms with Gasteiger partial charge in [0.25, 0.3) is 11.8 Å². The maximum Gasteiger partial charge on any atom is 0.276 e. The average molecular weight is 533 g/mol. The number of nitrogens with zero attached hydrogens (tertiary/aromatic N) is 2. The average Bonchev–Trinajstić information content (AvgIpc) is 3.16. The number of rotatable bonds is 7. The first kappa shape index (κ1) is 25.3. The van der Waals surface area contributed by atoms with E-state index in [-0.39, 0.29) is 22.4 Å². The van der Waals surface area contributed by atoms with Gasteiger partial charge in [-0.1, -0.05) is 41.4 Å². The molecule has 3 aromatic rings. The Kier molecular flexibility index (Phi) is 7.53. The van der Waals surface area contributed by atoms with Gasteiger partial charge in [-0.15, -0.1) is 11.3 Å². The lowest BCUT2D eigenvalue weighted by atomic mass is 9.95. The van der Waals surface area contributed by atoms with Gasteiger partial charge in [-0.3, -0.25) is 9.59 Å². The van der Waals surface area contributed by atoms with E-state index in [1.807, 2.05) is 19.9 Å². The molecule has 0 spiro atoms. The van der Waals surface area contributed by atoms with Crippen LogP contribution in [-0.2, 0) is 28.4 Å². The molecule has 0 aliphatic heterocycles. The number of carbonyl (C=O) groups excluding carboxylic acids is 2. The summed E-state index contributed by atoms with van der Waals surface area (Å²) in [6.07, 6.45) is 4.72. The minimum absolute atomic E-state index is 0.0853. The molecule has 2 heterocycles. The largest absolute Gasteiger partial charge is 0.352 e. The van der Waals surface area contributed by atoms with Crippen LogP contribution in [-0.4, -0.2) is 36.7 Å². The Morgan fingerprint density at radius 1 is 1.17 bits per heavy atom. The molecule has 11 heteroatoms. The van der Waals surface area contributed by atoms with Crippen LogP contribution < -0.4 is 10.6 Å². The molecule has 4 rings (SSSR count). The maximum atomic E-state index is 13.2. The van der Waals surface area contributed by atoms with Gasteiger partial charge < -0.3 is 10.6 Å². The van der Waals surface area contributed by atoms with Crippen LogP contribution in [0.15, 0.2) is 35.6 Å². The Balaban J connectivity index is 1.64. The molecule has 2 N–H and O–H groups in total. The smallest absolute Gasteiger partial charge is 0.276 e. The van der Waals surface area contributed by atoms with Gasteiger partial charge in [0, 0.05) is 11.4 Å². The Hall–Kier alpha value is -2.82. The van der Waals surface area contributed by atoms with Gasteiger partial charge in [0.2, 0.25) is 15.0 Å². The van der Waals surface area contributed by atoms with Crippen LogP contribution in [0.4, 0.5) is 5.00 Å². The van der Waals surface area contributed by atoms with Crippen LogP contribution in [0.3, 0.4) is 0 Å². The highest BCUT2D eigenvalue weighted by Gasteiger charge is 2.28. The Bertz CT molecular complexity index is 1400. The molecule has 0 bridgehead atoms. The van der Waals surface area contributed by atoms with Gasteiger partial charge in [-0.25, -0.2) is 18.4 Å². The van der Waals surface area contributed by atoms with Crippen molar-refractivity contribution in [2.75, 3.05) is 11.9 Å². The van der Waals surface area contributed by atoms with E-state index in [1.165, 1.54) is 11.3 Å². The van der Waals surface area contributed by atoms with Crippen LogP contribution in [0, 0.1) is 6.92 Å². The summed E-state index contributed by atoms with van der Waals surface area (Å²) in [7, 11) is -3.93. The summed E-state index contributed by atoms with van der Waals surface area (Å²) >= 11 is 7.55. The molecule has 0 saturated carbocycles. The lowest BCUT2D eigenvalue weighted by Gasteiger charge is -2.13. The molecule has 0 fully saturated rings. The molecule has 1 aromatic carbocycles. The summed E-state index contributed by atoms with van der Waals surface area (Å²) in [5, 5.41) is 5.39. The van der Waals surface area contributed by atoms with Crippen molar-refractivity contribution >= 4 is 49.6 Å². The number of fused-ring (bicyclic) bond motifs is 1. The summed E-state index contributed by atoms with van der Waals surface area (Å²) in [6, 6.07) is 7.11. The number of thiophene rings is 1. The van der Waals surface area contributed by atoms with E-state index < -0.39 is 20.9 Å². The van der Waals surface area contributed by atoms with Crippen LogP contribution in [0.1, 0.15) is 62.2 Å². The van der Waals surface area contributed by atoms with E-state index in [0.29, 0.717) is 22.7 Å². The lowest BCUT2D eigenvalue weighted by Crippen LogP contribution is -2.25. The number of hydrogen-bond acceptors (Lipinski definition) is 7. The number of halogens is 1. The fourth-order valence-electron chi connectivity index (χ4n) is 4.05. The molecule has 0 unspecified atom stereocenters. The van der Waals surface area contributed by atoms with E-state index in [2.05, 4.69) is 20.6 Å². The Labute approximate surface area is 213 Å². The van der Waals surface area contributed by atoms with E-state index in [0.717, 1.165) is 47.9 Å². The Morgan fingerprint density at radius 3 is 2.69 bits per heavy atom. The van der Waals surface area contributed by atoms with Crippen molar-refractivity contribution in [3.63, 3.8) is 0 Å². The molecule has 2 amide bonds. The summed E-state index contributed by atoms with van der Waals surface area (Å²) in [6.45, 7) is 4.15. The van der Waals surface area contributed by atoms with Crippen molar-refractivity contribution in [1.82, 2.24) is 15.3 Å². The van der Waals surface area contributed by atoms with Crippen molar-refractivity contribution in [2.24, 2.45) is 0 Å². The first-order valence-corrected chi connectivity index (χ1v) is 14.1. The molecule has 2 aromatic heterocycles. The van der Waals surface area contributed by atoms with Crippen molar-refractivity contribution in [1.29, 1.82) is 0 Å². The maximum absolute atomic E-state index is 13.2. The van der Waals surface area contributed by atoms with Crippen molar-refractivity contribution in [3.8, 4) is 0 Å². The van der Waals surface area contributed by atoms with Crippen molar-refractivity contribution < 1.29 is 18.0 Å². The highest BCUT2D eigenvalue weighted by Crippen LogP contribution is 2.38. The van der Waals surface area contributed by atoms with Crippen LogP contribution >= 0.6 is 22.9 Å². The molecule has 8 nitrogen and oxygen atoms in total. The first-order valence-electron chi connectivity index (χ1n) is 11.2. The number of nitrogens with one attached hydrogen (secondary N) is 2. The second-order valence-corrected chi connectivity index (χ2v) is 11.7. The predicted molar refractivity (Wildman–Crippen MR) is 136 cm³/mol. The number of anilines is 1. The van der Waals surface area contributed by atoms with E-state index in [1.54, 1.807) is 18.2 Å². The molecular formula is C24H25ClN4O4S2. The fourth-order valence-corrected chi connectivity index (χ4v) is 6.70. The molecule has 0 atom stereocenters. The molecule has 35 heavy (non-hydrogen) atoms. The van der Waals surface area contributed by atoms with E-state index in [9.17, 15) is 18.0 Å². The quantitative estimate of drug-likeness (QED) is 0.437. The number of hydrogen-bond donors (Lipinski definition) is 2. The molecule has 184 valence electrons. The van der Waals surface area contributed by atoms with Crippen molar-refractivity contribution in [2.45, 2.75) is 50.4 Å². The van der Waals surface area contributed by atoms with E-state index >= 15 is 0 Å². The number of amides is 2. The topological polar surface area (TPSA) is 118 Å². The molecule has 0 radical (unpaired) electrons. The molecular weight excluding hydrogens is 508 g/mol. The zero-order valence-electron chi connectivity index (χ0n) is 19.4. The van der Waals surface area contributed by atoms with E-state index in [4.69, 9.17) is 11.6 Å². The molecule has 1 aliphatic carbocycles. The summed E-state index contributed by atoms with van der Waals surface area (Å²) in [5.41, 5.74) is 2.66. The minimum atomic E-state index is -3.93. The summed E-state index contributed by atoms with van der Waals surface area (Å²) < 4.78 is 25.9.